The summed E-state index contributed by atoms with van der Waals surface area (Å²) in [6.45, 7) is 0. The predicted molar refractivity (Wildman–Crippen MR) is 133 cm³/mol. The molecule has 1 amide bonds. The lowest BCUT2D eigenvalue weighted by Gasteiger charge is -2.29. The van der Waals surface area contributed by atoms with Gasteiger partial charge in [0.05, 0.1) is 16.7 Å². The molecule has 0 bridgehead atoms. The summed E-state index contributed by atoms with van der Waals surface area (Å²) in [5.41, 5.74) is 4.02. The van der Waals surface area contributed by atoms with Crippen LogP contribution in [0.5, 0.6) is 0 Å². The van der Waals surface area contributed by atoms with Crippen LogP contribution in [0.2, 0.25) is 5.02 Å². The number of hydrogen-bond donors (Lipinski definition) is 0. The summed E-state index contributed by atoms with van der Waals surface area (Å²) in [5.74, 6) is -0.327. The van der Waals surface area contributed by atoms with Crippen molar-refractivity contribution in [3.05, 3.63) is 116 Å². The number of halogens is 1. The molecule has 0 spiro atoms. The topological polar surface area (TPSA) is 75.8 Å². The third-order valence-electron chi connectivity index (χ3n) is 6.38. The highest BCUT2D eigenvalue weighted by molar-refractivity contribution is 6.32. The monoisotopic (exact) mass is 471 g/mol. The molecular weight excluding hydrogens is 450 g/mol. The van der Waals surface area contributed by atoms with Crippen molar-refractivity contribution in [1.29, 1.82) is 0 Å². The highest BCUT2D eigenvalue weighted by Gasteiger charge is 2.44. The Morgan fingerprint density at radius 3 is 2.47 bits per heavy atom. The molecule has 34 heavy (non-hydrogen) atoms. The lowest BCUT2D eigenvalue weighted by Crippen LogP contribution is -2.31. The maximum atomic E-state index is 13.7. The lowest BCUT2D eigenvalue weighted by atomic mass is 9.77. The largest absolute Gasteiger partial charge is 0.288 e. The van der Waals surface area contributed by atoms with E-state index in [1.54, 1.807) is 0 Å². The van der Waals surface area contributed by atoms with E-state index >= 15 is 0 Å². The number of nitrogens with zero attached hydrogens (tertiary/aromatic N) is 3. The van der Waals surface area contributed by atoms with Gasteiger partial charge in [0.2, 0.25) is 0 Å². The van der Waals surface area contributed by atoms with Gasteiger partial charge in [0.15, 0.2) is 0 Å². The average molecular weight is 472 g/mol. The van der Waals surface area contributed by atoms with Crippen molar-refractivity contribution in [2.24, 2.45) is 11.0 Å². The molecule has 7 heteroatoms. The van der Waals surface area contributed by atoms with Crippen LogP contribution in [0.25, 0.3) is 6.08 Å². The van der Waals surface area contributed by atoms with E-state index in [1.807, 2.05) is 48.5 Å². The van der Waals surface area contributed by atoms with Crippen molar-refractivity contribution in [2.45, 2.75) is 25.3 Å². The third kappa shape index (κ3) is 4.13. The number of carbonyl (C=O) groups excluding carboxylic acids is 1. The number of benzene rings is 3. The molecule has 2 aliphatic rings. The van der Waals surface area contributed by atoms with Crippen LogP contribution in [0, 0.1) is 16.0 Å². The second kappa shape index (κ2) is 9.23. The van der Waals surface area contributed by atoms with Gasteiger partial charge in [-0.15, -0.1) is 0 Å². The molecular formula is C27H22ClN3O3. The Morgan fingerprint density at radius 2 is 1.76 bits per heavy atom. The Bertz CT molecular complexity index is 1310. The Balaban J connectivity index is 1.59. The molecule has 0 radical (unpaired) electrons. The molecule has 0 aromatic heterocycles. The van der Waals surface area contributed by atoms with Gasteiger partial charge in [-0.05, 0) is 54.2 Å². The molecule has 3 aromatic rings. The first-order valence-corrected chi connectivity index (χ1v) is 11.6. The fraction of sp³-hybridized carbons (Fsp3) is 0.185. The van der Waals surface area contributed by atoms with Crippen molar-refractivity contribution in [3.63, 3.8) is 0 Å². The van der Waals surface area contributed by atoms with Crippen molar-refractivity contribution in [2.75, 3.05) is 0 Å². The highest BCUT2D eigenvalue weighted by atomic mass is 35.5. The van der Waals surface area contributed by atoms with Crippen LogP contribution in [0.4, 0.5) is 5.69 Å². The number of nitro groups is 1. The normalized spacial score (nSPS) is 20.7. The number of carbonyl (C=O) groups is 1. The van der Waals surface area contributed by atoms with Gasteiger partial charge in [-0.1, -0.05) is 72.3 Å². The van der Waals surface area contributed by atoms with Crippen molar-refractivity contribution in [1.82, 2.24) is 5.01 Å². The molecule has 1 saturated carbocycles. The minimum Gasteiger partial charge on any atom is -0.267 e. The molecule has 1 heterocycles. The minimum atomic E-state index is -0.579. The van der Waals surface area contributed by atoms with Crippen molar-refractivity contribution >= 4 is 35.0 Å². The fourth-order valence-electron chi connectivity index (χ4n) is 4.82. The summed E-state index contributed by atoms with van der Waals surface area (Å²) < 4.78 is 0. The Hall–Kier alpha value is -3.77. The second-order valence-corrected chi connectivity index (χ2v) is 8.90. The predicted octanol–water partition coefficient (Wildman–Crippen LogP) is 6.69. The first kappa shape index (κ1) is 22.0. The first-order valence-electron chi connectivity index (χ1n) is 11.2. The number of allylic oxidation sites excluding steroid dienone is 1. The quantitative estimate of drug-likeness (QED) is 0.314. The summed E-state index contributed by atoms with van der Waals surface area (Å²) in [4.78, 5) is 24.5. The van der Waals surface area contributed by atoms with Gasteiger partial charge in [0.25, 0.3) is 11.6 Å². The maximum absolute atomic E-state index is 13.7. The van der Waals surface area contributed by atoms with Crippen molar-refractivity contribution in [3.8, 4) is 0 Å². The Morgan fingerprint density at radius 1 is 1.06 bits per heavy atom. The van der Waals surface area contributed by atoms with Crippen LogP contribution in [0.1, 0.15) is 46.8 Å². The summed E-state index contributed by atoms with van der Waals surface area (Å²) >= 11 is 5.97. The van der Waals surface area contributed by atoms with Gasteiger partial charge in [0.1, 0.15) is 5.02 Å². The molecule has 1 aliphatic carbocycles. The maximum Gasteiger partial charge on any atom is 0.288 e. The highest BCUT2D eigenvalue weighted by Crippen LogP contribution is 2.45. The third-order valence-corrected chi connectivity index (χ3v) is 6.70. The summed E-state index contributed by atoms with van der Waals surface area (Å²) in [6, 6.07) is 23.8. The lowest BCUT2D eigenvalue weighted by molar-refractivity contribution is -0.384. The molecule has 0 N–H and O–H groups in total. The van der Waals surface area contributed by atoms with Crippen molar-refractivity contribution < 1.29 is 9.72 Å². The van der Waals surface area contributed by atoms with Crippen LogP contribution in [0.3, 0.4) is 0 Å². The number of rotatable bonds is 4. The summed E-state index contributed by atoms with van der Waals surface area (Å²) in [5, 5.41) is 17.7. The molecule has 170 valence electrons. The zero-order valence-electron chi connectivity index (χ0n) is 18.3. The molecule has 0 unspecified atom stereocenters. The summed E-state index contributed by atoms with van der Waals surface area (Å²) in [7, 11) is 0. The molecule has 2 atom stereocenters. The van der Waals surface area contributed by atoms with Crippen LogP contribution in [-0.2, 0) is 0 Å². The number of fused-ring (bicyclic) bond motifs is 1. The number of nitro benzene ring substituents is 1. The Kier molecular flexibility index (Phi) is 5.99. The van der Waals surface area contributed by atoms with Crippen LogP contribution >= 0.6 is 11.6 Å². The SMILES string of the molecule is O=C(c1ccc(Cl)c([N+](=O)[O-])c1)N1N=C2/C(=C/c3ccccc3)CCC[C@@H]2[C@@H]1c1ccccc1. The van der Waals surface area contributed by atoms with E-state index in [4.69, 9.17) is 16.7 Å². The minimum absolute atomic E-state index is 0.00403. The van der Waals surface area contributed by atoms with E-state index in [0.717, 1.165) is 41.7 Å². The fourth-order valence-corrected chi connectivity index (χ4v) is 5.01. The zero-order valence-corrected chi connectivity index (χ0v) is 19.1. The van der Waals surface area contributed by atoms with E-state index in [0.29, 0.717) is 0 Å². The van der Waals surface area contributed by atoms with Gasteiger partial charge in [-0.2, -0.15) is 5.10 Å². The van der Waals surface area contributed by atoms with E-state index in [2.05, 4.69) is 18.2 Å². The van der Waals surface area contributed by atoms with E-state index in [1.165, 1.54) is 23.2 Å². The van der Waals surface area contributed by atoms with E-state index in [-0.39, 0.29) is 34.1 Å². The van der Waals surface area contributed by atoms with Crippen LogP contribution in [0.15, 0.2) is 89.5 Å². The van der Waals surface area contributed by atoms with Crippen LogP contribution in [-0.4, -0.2) is 21.6 Å². The van der Waals surface area contributed by atoms with E-state index in [9.17, 15) is 14.9 Å². The molecule has 3 aromatic carbocycles. The van der Waals surface area contributed by atoms with Crippen LogP contribution < -0.4 is 0 Å². The number of hydrogen-bond acceptors (Lipinski definition) is 4. The first-order chi connectivity index (χ1) is 16.5. The molecule has 1 aliphatic heterocycles. The van der Waals surface area contributed by atoms with Gasteiger partial charge < -0.3 is 0 Å². The smallest absolute Gasteiger partial charge is 0.267 e. The Labute approximate surface area is 202 Å². The van der Waals surface area contributed by atoms with E-state index < -0.39 is 4.92 Å². The van der Waals surface area contributed by atoms with Gasteiger partial charge in [-0.3, -0.25) is 14.9 Å². The molecule has 5 rings (SSSR count). The molecule has 0 saturated heterocycles. The molecule has 1 fully saturated rings. The average Bonchev–Trinajstić information content (AvgIpc) is 3.25. The van der Waals surface area contributed by atoms with Gasteiger partial charge in [0, 0.05) is 17.5 Å². The number of hydrazone groups is 1. The zero-order chi connectivity index (χ0) is 23.7. The number of amides is 1. The van der Waals surface area contributed by atoms with Gasteiger partial charge >= 0.3 is 0 Å². The summed E-state index contributed by atoms with van der Waals surface area (Å²) in [6.07, 6.45) is 4.95. The van der Waals surface area contributed by atoms with Gasteiger partial charge in [-0.25, -0.2) is 5.01 Å². The molecule has 6 nitrogen and oxygen atoms in total. The second-order valence-electron chi connectivity index (χ2n) is 8.49. The standard InChI is InChI=1S/C27H22ClN3O3/c28-23-15-14-21(17-24(23)31(33)34)27(32)30-26(19-10-5-2-6-11-19)22-13-7-12-20(25(22)29-30)16-18-8-3-1-4-9-18/h1-6,8-11,14-17,22,26H,7,12-13H2/b20-16+/t22-,26-/m0/s1.